The van der Waals surface area contributed by atoms with Gasteiger partial charge >= 0.3 is 0 Å². The third-order valence-corrected chi connectivity index (χ3v) is 9.13. The molecule has 5 rings (SSSR count). The van der Waals surface area contributed by atoms with Crippen LogP contribution in [-0.2, 0) is 16.1 Å². The molecule has 1 aliphatic carbocycles. The van der Waals surface area contributed by atoms with Crippen molar-refractivity contribution in [2.45, 2.75) is 56.9 Å². The lowest BCUT2D eigenvalue weighted by atomic mass is 9.83. The topological polar surface area (TPSA) is 52.7 Å². The number of benzene rings is 2. The first-order valence-corrected chi connectivity index (χ1v) is 14.2. The van der Waals surface area contributed by atoms with E-state index in [1.807, 2.05) is 41.3 Å². The highest BCUT2D eigenvalue weighted by atomic mass is 32.2. The lowest BCUT2D eigenvalue weighted by Gasteiger charge is -2.46. The van der Waals surface area contributed by atoms with E-state index < -0.39 is 0 Å². The van der Waals surface area contributed by atoms with Crippen LogP contribution in [0, 0.1) is 12.8 Å². The molecule has 6 heteroatoms. The molecule has 2 heterocycles. The van der Waals surface area contributed by atoms with Crippen LogP contribution in [0.1, 0.15) is 48.8 Å². The van der Waals surface area contributed by atoms with Crippen molar-refractivity contribution in [3.05, 3.63) is 76.2 Å². The molecule has 2 saturated heterocycles. The Labute approximate surface area is 219 Å². The summed E-state index contributed by atoms with van der Waals surface area (Å²) in [4.78, 5) is 32.2. The first kappa shape index (κ1) is 25.1. The minimum absolute atomic E-state index is 0.0297. The minimum Gasteiger partial charge on any atom is -0.355 e. The third kappa shape index (κ3) is 6.04. The number of thioether (sulfide) groups is 1. The summed E-state index contributed by atoms with van der Waals surface area (Å²) in [6.07, 6.45) is 7.14. The number of fused-ring (bicyclic) bond motifs is 1. The van der Waals surface area contributed by atoms with E-state index in [1.165, 1.54) is 18.4 Å². The summed E-state index contributed by atoms with van der Waals surface area (Å²) >= 11 is 1.72. The Hall–Kier alpha value is -2.57. The summed E-state index contributed by atoms with van der Waals surface area (Å²) in [5.74, 6) is 0.214. The fourth-order valence-corrected chi connectivity index (χ4v) is 7.23. The van der Waals surface area contributed by atoms with Crippen molar-refractivity contribution in [1.82, 2.24) is 15.1 Å². The molecule has 190 valence electrons. The molecule has 0 aromatic heterocycles. The molecule has 0 bridgehead atoms. The quantitative estimate of drug-likeness (QED) is 0.549. The largest absolute Gasteiger partial charge is 0.355 e. The van der Waals surface area contributed by atoms with E-state index in [2.05, 4.69) is 41.4 Å². The van der Waals surface area contributed by atoms with Crippen molar-refractivity contribution < 1.29 is 9.59 Å². The van der Waals surface area contributed by atoms with Gasteiger partial charge in [-0.15, -0.1) is 11.8 Å². The molecular weight excluding hydrogens is 466 g/mol. The average molecular weight is 504 g/mol. The van der Waals surface area contributed by atoms with Gasteiger partial charge in [0, 0.05) is 36.8 Å². The molecule has 36 heavy (non-hydrogen) atoms. The van der Waals surface area contributed by atoms with Crippen molar-refractivity contribution in [2.24, 2.45) is 5.92 Å². The molecule has 2 amide bonds. The van der Waals surface area contributed by atoms with Crippen LogP contribution in [0.5, 0.6) is 0 Å². The lowest BCUT2D eigenvalue weighted by Crippen LogP contribution is -2.53. The maximum absolute atomic E-state index is 13.8. The normalized spacial score (nSPS) is 25.7. The fraction of sp³-hybridized carbons (Fsp3) is 0.467. The molecule has 3 aliphatic rings. The van der Waals surface area contributed by atoms with E-state index in [1.54, 1.807) is 11.8 Å². The summed E-state index contributed by atoms with van der Waals surface area (Å²) < 4.78 is 0. The molecule has 5 nitrogen and oxygen atoms in total. The van der Waals surface area contributed by atoms with Crippen LogP contribution >= 0.6 is 11.8 Å². The van der Waals surface area contributed by atoms with Crippen LogP contribution in [0.15, 0.2) is 59.5 Å². The molecule has 2 aromatic carbocycles. The number of hydrogen-bond acceptors (Lipinski definition) is 4. The van der Waals surface area contributed by atoms with E-state index in [9.17, 15) is 9.59 Å². The Kier molecular flexibility index (Phi) is 8.12. The maximum atomic E-state index is 13.8. The Bertz CT molecular complexity index is 1100. The second kappa shape index (κ2) is 11.7. The summed E-state index contributed by atoms with van der Waals surface area (Å²) in [6, 6.07) is 18.6. The van der Waals surface area contributed by atoms with E-state index in [4.69, 9.17) is 0 Å². The number of hydrogen-bond donors (Lipinski definition) is 1. The SMILES string of the molecule is Cc1cccc(CN2C(=O)/C(=C/c3ccccc3)SC3CCC(C(=O)NCCN4CCCC4)CC32)c1. The highest BCUT2D eigenvalue weighted by molar-refractivity contribution is 8.04. The standard InChI is InChI=1S/C30H37N3O2S/c1-22-8-7-11-24(18-22)21-33-26-20-25(29(34)31-14-17-32-15-5-6-16-32)12-13-27(26)36-28(30(33)35)19-23-9-3-2-4-10-23/h2-4,7-11,18-19,25-27H,5-6,12-17,20-21H2,1H3,(H,31,34)/b28-19-. The molecule has 0 spiro atoms. The van der Waals surface area contributed by atoms with Gasteiger partial charge in [0.15, 0.2) is 0 Å². The molecule has 0 radical (unpaired) electrons. The van der Waals surface area contributed by atoms with Gasteiger partial charge in [0.1, 0.15) is 0 Å². The molecule has 3 unspecified atom stereocenters. The van der Waals surface area contributed by atoms with E-state index in [0.717, 1.165) is 54.9 Å². The van der Waals surface area contributed by atoms with Gasteiger partial charge in [-0.1, -0.05) is 60.2 Å². The number of aryl methyl sites for hydroxylation is 1. The van der Waals surface area contributed by atoms with Gasteiger partial charge in [-0.2, -0.15) is 0 Å². The smallest absolute Gasteiger partial charge is 0.260 e. The number of carbonyl (C=O) groups excluding carboxylic acids is 2. The van der Waals surface area contributed by atoms with Crippen LogP contribution in [0.2, 0.25) is 0 Å². The molecule has 2 aliphatic heterocycles. The molecule has 2 aromatic rings. The van der Waals surface area contributed by atoms with Gasteiger partial charge in [0.25, 0.3) is 5.91 Å². The summed E-state index contributed by atoms with van der Waals surface area (Å²) in [6.45, 7) is 6.62. The fourth-order valence-electron chi connectivity index (χ4n) is 5.81. The predicted molar refractivity (Wildman–Crippen MR) is 147 cm³/mol. The second-order valence-electron chi connectivity index (χ2n) is 10.4. The Morgan fingerprint density at radius 2 is 1.89 bits per heavy atom. The minimum atomic E-state index is -0.0297. The first-order chi connectivity index (χ1) is 17.6. The molecular formula is C30H37N3O2S. The Balaban J connectivity index is 1.31. The number of nitrogens with one attached hydrogen (secondary N) is 1. The van der Waals surface area contributed by atoms with Gasteiger partial charge in [0.05, 0.1) is 4.91 Å². The first-order valence-electron chi connectivity index (χ1n) is 13.4. The maximum Gasteiger partial charge on any atom is 0.260 e. The number of rotatable bonds is 7. The Morgan fingerprint density at radius 3 is 2.67 bits per heavy atom. The van der Waals surface area contributed by atoms with Crippen molar-refractivity contribution in [1.29, 1.82) is 0 Å². The van der Waals surface area contributed by atoms with Crippen molar-refractivity contribution >= 4 is 29.7 Å². The zero-order valence-electron chi connectivity index (χ0n) is 21.2. The highest BCUT2D eigenvalue weighted by Crippen LogP contribution is 2.44. The predicted octanol–water partition coefficient (Wildman–Crippen LogP) is 4.86. The van der Waals surface area contributed by atoms with Crippen molar-refractivity contribution in [2.75, 3.05) is 26.2 Å². The number of nitrogens with zero attached hydrogens (tertiary/aromatic N) is 2. The third-order valence-electron chi connectivity index (χ3n) is 7.73. The number of likely N-dealkylation sites (tertiary alicyclic amines) is 1. The summed E-state index contributed by atoms with van der Waals surface area (Å²) in [5.41, 5.74) is 3.39. The van der Waals surface area contributed by atoms with E-state index >= 15 is 0 Å². The molecule has 1 N–H and O–H groups in total. The summed E-state index contributed by atoms with van der Waals surface area (Å²) in [5, 5.41) is 3.51. The van der Waals surface area contributed by atoms with E-state index in [0.29, 0.717) is 18.3 Å². The van der Waals surface area contributed by atoms with Crippen LogP contribution in [0.4, 0.5) is 0 Å². The van der Waals surface area contributed by atoms with Gasteiger partial charge in [-0.05, 0) is 69.3 Å². The van der Waals surface area contributed by atoms with Crippen LogP contribution < -0.4 is 5.32 Å². The highest BCUT2D eigenvalue weighted by Gasteiger charge is 2.44. The molecule has 1 saturated carbocycles. The zero-order chi connectivity index (χ0) is 24.9. The second-order valence-corrected chi connectivity index (χ2v) is 11.7. The van der Waals surface area contributed by atoms with Gasteiger partial charge in [-0.3, -0.25) is 9.59 Å². The van der Waals surface area contributed by atoms with Gasteiger partial charge < -0.3 is 15.1 Å². The van der Waals surface area contributed by atoms with Crippen molar-refractivity contribution in [3.63, 3.8) is 0 Å². The number of amides is 2. The summed E-state index contributed by atoms with van der Waals surface area (Å²) in [7, 11) is 0. The molecule has 3 atom stereocenters. The van der Waals surface area contributed by atoms with Crippen molar-refractivity contribution in [3.8, 4) is 0 Å². The lowest BCUT2D eigenvalue weighted by molar-refractivity contribution is -0.133. The molecule has 3 fully saturated rings. The average Bonchev–Trinajstić information content (AvgIpc) is 3.40. The number of carbonyl (C=O) groups is 2. The van der Waals surface area contributed by atoms with Crippen LogP contribution in [-0.4, -0.2) is 59.1 Å². The van der Waals surface area contributed by atoms with Crippen LogP contribution in [0.3, 0.4) is 0 Å². The zero-order valence-corrected chi connectivity index (χ0v) is 22.0. The van der Waals surface area contributed by atoms with E-state index in [-0.39, 0.29) is 23.8 Å². The van der Waals surface area contributed by atoms with Crippen LogP contribution in [0.25, 0.3) is 6.08 Å². The monoisotopic (exact) mass is 503 g/mol. The Morgan fingerprint density at radius 1 is 1.08 bits per heavy atom. The van der Waals surface area contributed by atoms with Gasteiger partial charge in [0.2, 0.25) is 5.91 Å². The van der Waals surface area contributed by atoms with Gasteiger partial charge in [-0.25, -0.2) is 0 Å².